The molecule has 1 aliphatic heterocycles. The van der Waals surface area contributed by atoms with Gasteiger partial charge in [0.1, 0.15) is 5.60 Å². The fraction of sp³-hybridized carbons (Fsp3) is 0.636. The lowest BCUT2D eigenvalue weighted by molar-refractivity contribution is 0.0507. The summed E-state index contributed by atoms with van der Waals surface area (Å²) in [6.07, 6.45) is 2.97. The zero-order chi connectivity index (χ0) is 20.4. The first kappa shape index (κ1) is 20.5. The van der Waals surface area contributed by atoms with Crippen molar-refractivity contribution >= 4 is 12.1 Å². The van der Waals surface area contributed by atoms with Gasteiger partial charge in [-0.3, -0.25) is 4.99 Å². The van der Waals surface area contributed by atoms with Crippen molar-refractivity contribution < 1.29 is 9.53 Å². The molecule has 6 nitrogen and oxygen atoms in total. The second-order valence-corrected chi connectivity index (χ2v) is 9.07. The Morgan fingerprint density at radius 3 is 2.64 bits per heavy atom. The van der Waals surface area contributed by atoms with E-state index in [2.05, 4.69) is 51.7 Å². The average Bonchev–Trinajstić information content (AvgIpc) is 3.26. The minimum Gasteiger partial charge on any atom is -0.444 e. The molecule has 154 valence electrons. The van der Waals surface area contributed by atoms with Crippen molar-refractivity contribution in [2.24, 2.45) is 4.99 Å². The van der Waals surface area contributed by atoms with Gasteiger partial charge in [-0.25, -0.2) is 4.79 Å². The van der Waals surface area contributed by atoms with E-state index in [9.17, 15) is 4.79 Å². The third-order valence-electron chi connectivity index (χ3n) is 5.58. The quantitative estimate of drug-likeness (QED) is 0.616. The molecule has 28 heavy (non-hydrogen) atoms. The number of benzene rings is 1. The zero-order valence-electron chi connectivity index (χ0n) is 17.8. The topological polar surface area (TPSA) is 66.0 Å². The number of hydrogen-bond acceptors (Lipinski definition) is 3. The molecule has 3 rings (SSSR count). The number of aryl methyl sites for hydroxylation is 1. The van der Waals surface area contributed by atoms with Crippen LogP contribution in [-0.4, -0.2) is 55.3 Å². The smallest absolute Gasteiger partial charge is 0.407 e. The van der Waals surface area contributed by atoms with Crippen molar-refractivity contribution in [3.8, 4) is 0 Å². The fourth-order valence-corrected chi connectivity index (χ4v) is 3.99. The van der Waals surface area contributed by atoms with E-state index in [1.807, 2.05) is 27.8 Å². The van der Waals surface area contributed by atoms with Crippen molar-refractivity contribution in [2.45, 2.75) is 64.0 Å². The molecule has 0 radical (unpaired) electrons. The summed E-state index contributed by atoms with van der Waals surface area (Å²) in [5, 5.41) is 6.56. The average molecular weight is 387 g/mol. The van der Waals surface area contributed by atoms with Crippen LogP contribution in [0.15, 0.2) is 29.3 Å². The van der Waals surface area contributed by atoms with Crippen molar-refractivity contribution in [3.63, 3.8) is 0 Å². The summed E-state index contributed by atoms with van der Waals surface area (Å²) in [5.41, 5.74) is 2.56. The van der Waals surface area contributed by atoms with Gasteiger partial charge in [0.05, 0.1) is 6.04 Å². The first-order chi connectivity index (χ1) is 13.2. The predicted octanol–water partition coefficient (Wildman–Crippen LogP) is 3.20. The molecular formula is C22H34N4O2. The summed E-state index contributed by atoms with van der Waals surface area (Å²) in [6.45, 7) is 10.3. The maximum Gasteiger partial charge on any atom is 0.407 e. The van der Waals surface area contributed by atoms with E-state index in [1.165, 1.54) is 24.0 Å². The number of nitrogens with zero attached hydrogens (tertiary/aromatic N) is 2. The second kappa shape index (κ2) is 8.02. The van der Waals surface area contributed by atoms with Crippen molar-refractivity contribution in [2.75, 3.05) is 26.7 Å². The number of aliphatic imine (C=N–C) groups is 1. The lowest BCUT2D eigenvalue weighted by Gasteiger charge is -2.26. The summed E-state index contributed by atoms with van der Waals surface area (Å²) in [7, 11) is 1.82. The van der Waals surface area contributed by atoms with Crippen molar-refractivity contribution in [3.05, 3.63) is 35.4 Å². The zero-order valence-corrected chi connectivity index (χ0v) is 17.8. The summed E-state index contributed by atoms with van der Waals surface area (Å²) < 4.78 is 5.37. The lowest BCUT2D eigenvalue weighted by atomic mass is 9.92. The van der Waals surface area contributed by atoms with Gasteiger partial charge in [-0.15, -0.1) is 0 Å². The highest BCUT2D eigenvalue weighted by Crippen LogP contribution is 2.48. The Bertz CT molecular complexity index is 734. The number of carbonyl (C=O) groups excluding carboxylic acids is 1. The van der Waals surface area contributed by atoms with Crippen LogP contribution in [0.5, 0.6) is 0 Å². The molecule has 2 N–H and O–H groups in total. The van der Waals surface area contributed by atoms with Gasteiger partial charge >= 0.3 is 6.09 Å². The summed E-state index contributed by atoms with van der Waals surface area (Å²) in [5.74, 6) is 0.911. The predicted molar refractivity (Wildman–Crippen MR) is 113 cm³/mol. The summed E-state index contributed by atoms with van der Waals surface area (Å²) in [6, 6.07) is 8.76. The van der Waals surface area contributed by atoms with Crippen LogP contribution in [0.1, 0.15) is 51.2 Å². The number of alkyl carbamates (subject to hydrolysis) is 1. The maximum absolute atomic E-state index is 12.0. The molecule has 0 bridgehead atoms. The molecule has 1 amide bonds. The molecule has 0 aromatic heterocycles. The van der Waals surface area contributed by atoms with Gasteiger partial charge in [0.2, 0.25) is 0 Å². The Labute approximate surface area is 168 Å². The van der Waals surface area contributed by atoms with Gasteiger partial charge in [0.15, 0.2) is 5.96 Å². The number of likely N-dealkylation sites (tertiary alicyclic amines) is 1. The van der Waals surface area contributed by atoms with E-state index in [0.29, 0.717) is 0 Å². The van der Waals surface area contributed by atoms with Gasteiger partial charge in [0, 0.05) is 32.1 Å². The normalized spacial score (nSPS) is 21.4. The Balaban J connectivity index is 1.53. The monoisotopic (exact) mass is 386 g/mol. The number of nitrogens with one attached hydrogen (secondary N) is 2. The van der Waals surface area contributed by atoms with Crippen LogP contribution in [0.25, 0.3) is 0 Å². The molecule has 2 aliphatic rings. The van der Waals surface area contributed by atoms with E-state index in [0.717, 1.165) is 32.0 Å². The highest BCUT2D eigenvalue weighted by atomic mass is 16.6. The molecule has 0 spiro atoms. The van der Waals surface area contributed by atoms with E-state index in [1.54, 1.807) is 0 Å². The third kappa shape index (κ3) is 4.97. The van der Waals surface area contributed by atoms with E-state index in [-0.39, 0.29) is 17.6 Å². The fourth-order valence-electron chi connectivity index (χ4n) is 3.99. The molecule has 2 fully saturated rings. The Hall–Kier alpha value is -2.24. The number of hydrogen-bond donors (Lipinski definition) is 2. The maximum atomic E-state index is 12.0. The summed E-state index contributed by atoms with van der Waals surface area (Å²) in [4.78, 5) is 18.7. The molecular weight excluding hydrogens is 352 g/mol. The Morgan fingerprint density at radius 1 is 1.32 bits per heavy atom. The van der Waals surface area contributed by atoms with Crippen LogP contribution in [0.3, 0.4) is 0 Å². The molecule has 1 aliphatic carbocycles. The van der Waals surface area contributed by atoms with Crippen LogP contribution in [0, 0.1) is 6.92 Å². The molecule has 1 saturated heterocycles. The van der Waals surface area contributed by atoms with Gasteiger partial charge in [-0.05, 0) is 58.1 Å². The molecule has 1 saturated carbocycles. The number of ether oxygens (including phenoxy) is 1. The largest absolute Gasteiger partial charge is 0.444 e. The number of carbonyl (C=O) groups is 1. The van der Waals surface area contributed by atoms with Gasteiger partial charge < -0.3 is 20.3 Å². The first-order valence-electron chi connectivity index (χ1n) is 10.2. The lowest BCUT2D eigenvalue weighted by Crippen LogP contribution is -2.45. The Kier molecular flexibility index (Phi) is 5.87. The van der Waals surface area contributed by atoms with Crippen LogP contribution in [-0.2, 0) is 10.2 Å². The van der Waals surface area contributed by atoms with E-state index >= 15 is 0 Å². The highest BCUT2D eigenvalue weighted by molar-refractivity contribution is 5.80. The number of amides is 1. The van der Waals surface area contributed by atoms with Crippen LogP contribution >= 0.6 is 0 Å². The number of guanidine groups is 1. The molecule has 1 atom stereocenters. The Morgan fingerprint density at radius 2 is 2.04 bits per heavy atom. The van der Waals surface area contributed by atoms with Gasteiger partial charge in [-0.1, -0.05) is 24.3 Å². The SMILES string of the molecule is CN=C(NCC1(c2ccccc2C)CC1)N1CCC(NC(=O)OC(C)(C)C)C1. The second-order valence-electron chi connectivity index (χ2n) is 9.07. The van der Waals surface area contributed by atoms with Gasteiger partial charge in [-0.2, -0.15) is 0 Å². The molecule has 1 heterocycles. The van der Waals surface area contributed by atoms with Gasteiger partial charge in [0.25, 0.3) is 0 Å². The molecule has 1 aromatic carbocycles. The molecule has 1 aromatic rings. The van der Waals surface area contributed by atoms with E-state index < -0.39 is 5.60 Å². The van der Waals surface area contributed by atoms with E-state index in [4.69, 9.17) is 4.74 Å². The van der Waals surface area contributed by atoms with Crippen LogP contribution in [0.4, 0.5) is 4.79 Å². The summed E-state index contributed by atoms with van der Waals surface area (Å²) >= 11 is 0. The van der Waals surface area contributed by atoms with Crippen LogP contribution in [0.2, 0.25) is 0 Å². The standard InChI is InChI=1S/C22H34N4O2/c1-16-8-6-7-9-18(16)22(11-12-22)15-24-19(23-5)26-13-10-17(14-26)25-20(27)28-21(2,3)4/h6-9,17H,10-15H2,1-5H3,(H,23,24)(H,25,27). The minimum absolute atomic E-state index is 0.0830. The third-order valence-corrected chi connectivity index (χ3v) is 5.58. The van der Waals surface area contributed by atoms with Crippen molar-refractivity contribution in [1.82, 2.24) is 15.5 Å². The molecule has 1 unspecified atom stereocenters. The minimum atomic E-state index is -0.478. The molecule has 6 heteroatoms. The first-order valence-corrected chi connectivity index (χ1v) is 10.2. The highest BCUT2D eigenvalue weighted by Gasteiger charge is 2.45. The van der Waals surface area contributed by atoms with Crippen LogP contribution < -0.4 is 10.6 Å². The number of rotatable bonds is 4. The van der Waals surface area contributed by atoms with Crippen molar-refractivity contribution in [1.29, 1.82) is 0 Å².